The molecule has 0 heteroatoms. The monoisotopic (exact) mass is 176 g/mol. The van der Waals surface area contributed by atoms with E-state index in [-0.39, 0.29) is 0 Å². The summed E-state index contributed by atoms with van der Waals surface area (Å²) in [6.45, 7) is 4.58. The molecule has 0 aromatic carbocycles. The number of rotatable bonds is 3. The molecule has 2 bridgehead atoms. The highest BCUT2D eigenvalue weighted by atomic mass is 14.3. The van der Waals surface area contributed by atoms with Gasteiger partial charge in [0, 0.05) is 0 Å². The molecular formula is C13H20. The summed E-state index contributed by atoms with van der Waals surface area (Å²) in [5.41, 5.74) is 1.61. The van der Waals surface area contributed by atoms with Crippen molar-refractivity contribution in [3.63, 3.8) is 0 Å². The zero-order valence-electron chi connectivity index (χ0n) is 8.79. The minimum absolute atomic E-state index is 0.775. The first kappa shape index (κ1) is 9.05. The summed E-state index contributed by atoms with van der Waals surface area (Å²) >= 11 is 0. The third-order valence-corrected chi connectivity index (χ3v) is 3.64. The molecule has 0 heterocycles. The second-order valence-corrected chi connectivity index (χ2v) is 4.62. The first-order chi connectivity index (χ1) is 6.31. The Balaban J connectivity index is 2.00. The summed E-state index contributed by atoms with van der Waals surface area (Å²) < 4.78 is 0. The van der Waals surface area contributed by atoms with E-state index in [1.54, 1.807) is 5.57 Å². The smallest absolute Gasteiger partial charge is 0.00219 e. The number of fused-ring (bicyclic) bond motifs is 1. The Bertz CT molecular complexity index is 234. The summed E-state index contributed by atoms with van der Waals surface area (Å²) in [4.78, 5) is 0. The molecule has 0 radical (unpaired) electrons. The maximum absolute atomic E-state index is 2.49. The van der Waals surface area contributed by atoms with Gasteiger partial charge in [0.25, 0.3) is 0 Å². The first-order valence-electron chi connectivity index (χ1n) is 5.68. The molecule has 3 aliphatic carbocycles. The Morgan fingerprint density at radius 3 is 2.77 bits per heavy atom. The maximum atomic E-state index is 2.49. The number of allylic oxidation sites excluding steroid dienone is 4. The third kappa shape index (κ3) is 1.72. The van der Waals surface area contributed by atoms with Crippen LogP contribution in [0.1, 0.15) is 39.5 Å². The molecular weight excluding hydrogens is 156 g/mol. The van der Waals surface area contributed by atoms with Crippen molar-refractivity contribution in [1.82, 2.24) is 0 Å². The van der Waals surface area contributed by atoms with E-state index in [2.05, 4.69) is 32.1 Å². The lowest BCUT2D eigenvalue weighted by atomic mass is 9.69. The van der Waals surface area contributed by atoms with Gasteiger partial charge in [-0.1, -0.05) is 43.6 Å². The molecule has 0 aliphatic heterocycles. The minimum Gasteiger partial charge on any atom is -0.0807 e. The van der Waals surface area contributed by atoms with Crippen LogP contribution in [0.15, 0.2) is 23.8 Å². The van der Waals surface area contributed by atoms with Crippen molar-refractivity contribution in [2.75, 3.05) is 0 Å². The Labute approximate surface area is 81.7 Å². The van der Waals surface area contributed by atoms with E-state index >= 15 is 0 Å². The van der Waals surface area contributed by atoms with Gasteiger partial charge >= 0.3 is 0 Å². The van der Waals surface area contributed by atoms with Crippen LogP contribution in [0.5, 0.6) is 0 Å². The van der Waals surface area contributed by atoms with Gasteiger partial charge in [-0.15, -0.1) is 0 Å². The van der Waals surface area contributed by atoms with E-state index in [4.69, 9.17) is 0 Å². The molecule has 3 rings (SSSR count). The number of hydrogen-bond donors (Lipinski definition) is 0. The predicted octanol–water partition coefficient (Wildman–Crippen LogP) is 3.95. The van der Waals surface area contributed by atoms with Gasteiger partial charge in [0.1, 0.15) is 0 Å². The van der Waals surface area contributed by atoms with Gasteiger partial charge in [-0.2, -0.15) is 0 Å². The molecule has 0 spiro atoms. The molecule has 0 N–H and O–H groups in total. The Hall–Kier alpha value is -0.520. The lowest BCUT2D eigenvalue weighted by molar-refractivity contribution is 0.314. The molecule has 72 valence electrons. The highest BCUT2D eigenvalue weighted by molar-refractivity contribution is 5.26. The third-order valence-electron chi connectivity index (χ3n) is 3.64. The van der Waals surface area contributed by atoms with Crippen LogP contribution in [0.3, 0.4) is 0 Å². The van der Waals surface area contributed by atoms with Crippen LogP contribution in [0, 0.1) is 17.8 Å². The fraction of sp³-hybridized carbons (Fsp3) is 0.692. The fourth-order valence-corrected chi connectivity index (χ4v) is 2.71. The van der Waals surface area contributed by atoms with Crippen LogP contribution in [0.2, 0.25) is 0 Å². The van der Waals surface area contributed by atoms with Gasteiger partial charge in [0.2, 0.25) is 0 Å². The van der Waals surface area contributed by atoms with Gasteiger partial charge in [-0.3, -0.25) is 0 Å². The van der Waals surface area contributed by atoms with E-state index in [1.807, 2.05) is 0 Å². The maximum Gasteiger partial charge on any atom is -0.00219 e. The van der Waals surface area contributed by atoms with Crippen molar-refractivity contribution in [3.8, 4) is 0 Å². The predicted molar refractivity (Wildman–Crippen MR) is 57.5 cm³/mol. The molecule has 0 aromatic heterocycles. The first-order valence-corrected chi connectivity index (χ1v) is 5.68. The normalized spacial score (nSPS) is 36.5. The molecule has 0 amide bonds. The molecule has 3 unspecified atom stereocenters. The topological polar surface area (TPSA) is 0 Å². The van der Waals surface area contributed by atoms with Crippen LogP contribution in [0.25, 0.3) is 0 Å². The summed E-state index contributed by atoms with van der Waals surface area (Å²) in [6.07, 6.45) is 13.0. The van der Waals surface area contributed by atoms with Gasteiger partial charge in [0.15, 0.2) is 0 Å². The molecule has 3 aliphatic rings. The summed E-state index contributed by atoms with van der Waals surface area (Å²) in [5.74, 6) is 2.52. The molecule has 0 saturated heterocycles. The van der Waals surface area contributed by atoms with Crippen molar-refractivity contribution in [3.05, 3.63) is 23.8 Å². The summed E-state index contributed by atoms with van der Waals surface area (Å²) in [5, 5.41) is 0. The lowest BCUT2D eigenvalue weighted by Crippen LogP contribution is -2.25. The zero-order chi connectivity index (χ0) is 9.26. The van der Waals surface area contributed by atoms with Crippen LogP contribution in [0.4, 0.5) is 0 Å². The summed E-state index contributed by atoms with van der Waals surface area (Å²) in [6, 6.07) is 0. The van der Waals surface area contributed by atoms with Crippen molar-refractivity contribution >= 4 is 0 Å². The molecule has 0 fully saturated rings. The van der Waals surface area contributed by atoms with E-state index in [0.717, 1.165) is 17.8 Å². The van der Waals surface area contributed by atoms with E-state index in [9.17, 15) is 0 Å². The van der Waals surface area contributed by atoms with Crippen LogP contribution < -0.4 is 0 Å². The molecule has 0 nitrogen and oxygen atoms in total. The highest BCUT2D eigenvalue weighted by Crippen LogP contribution is 2.41. The number of hydrogen-bond acceptors (Lipinski definition) is 0. The van der Waals surface area contributed by atoms with Gasteiger partial charge < -0.3 is 0 Å². The van der Waals surface area contributed by atoms with Crippen LogP contribution in [-0.2, 0) is 0 Å². The van der Waals surface area contributed by atoms with Gasteiger partial charge in [0.05, 0.1) is 0 Å². The SMILES string of the molecule is CCCCC1CC2C=CC1C=C2C. The highest BCUT2D eigenvalue weighted by Gasteiger charge is 2.29. The van der Waals surface area contributed by atoms with E-state index < -0.39 is 0 Å². The Kier molecular flexibility index (Phi) is 2.57. The fourth-order valence-electron chi connectivity index (χ4n) is 2.71. The van der Waals surface area contributed by atoms with E-state index in [1.165, 1.54) is 25.7 Å². The average molecular weight is 176 g/mol. The summed E-state index contributed by atoms with van der Waals surface area (Å²) in [7, 11) is 0. The lowest BCUT2D eigenvalue weighted by Gasteiger charge is -2.36. The van der Waals surface area contributed by atoms with Gasteiger partial charge in [-0.25, -0.2) is 0 Å². The standard InChI is InChI=1S/C13H20/c1-3-4-5-12-9-11-6-7-13(12)8-10(11)2/h6-8,11-13H,3-5,9H2,1-2H3. The molecule has 0 saturated carbocycles. The zero-order valence-corrected chi connectivity index (χ0v) is 8.79. The second-order valence-electron chi connectivity index (χ2n) is 4.62. The van der Waals surface area contributed by atoms with E-state index in [0.29, 0.717) is 0 Å². The quantitative estimate of drug-likeness (QED) is 0.571. The Morgan fingerprint density at radius 2 is 2.23 bits per heavy atom. The van der Waals surface area contributed by atoms with Gasteiger partial charge in [-0.05, 0) is 37.5 Å². The van der Waals surface area contributed by atoms with Crippen molar-refractivity contribution in [2.45, 2.75) is 39.5 Å². The van der Waals surface area contributed by atoms with Crippen molar-refractivity contribution in [2.24, 2.45) is 17.8 Å². The molecule has 3 atom stereocenters. The molecule has 13 heavy (non-hydrogen) atoms. The number of unbranched alkanes of at least 4 members (excludes halogenated alkanes) is 1. The van der Waals surface area contributed by atoms with Crippen LogP contribution in [-0.4, -0.2) is 0 Å². The van der Waals surface area contributed by atoms with Crippen molar-refractivity contribution in [1.29, 1.82) is 0 Å². The second kappa shape index (κ2) is 3.69. The van der Waals surface area contributed by atoms with Crippen LogP contribution >= 0.6 is 0 Å². The Morgan fingerprint density at radius 1 is 1.38 bits per heavy atom. The minimum atomic E-state index is 0.775. The molecule has 0 aromatic rings. The average Bonchev–Trinajstić information content (AvgIpc) is 2.16. The van der Waals surface area contributed by atoms with Crippen molar-refractivity contribution < 1.29 is 0 Å². The largest absolute Gasteiger partial charge is 0.0807 e.